The van der Waals surface area contributed by atoms with Crippen LogP contribution in [0.15, 0.2) is 59.2 Å². The average Bonchev–Trinajstić information content (AvgIpc) is 3.21. The van der Waals surface area contributed by atoms with Gasteiger partial charge in [0.1, 0.15) is 25.8 Å². The number of nitrogens with zero attached hydrogens (tertiary/aromatic N) is 4. The summed E-state index contributed by atoms with van der Waals surface area (Å²) in [5.41, 5.74) is 2.59. The molecule has 2 heterocycles. The highest BCUT2D eigenvalue weighted by Crippen LogP contribution is 2.26. The standard InChI is InChI=1S/C27H29N5O7/c28-16-24-26(30-39-32(24)36)37-14-15-38-27(35)22(13-10-19-6-2-1-3-7-19)29-21-12-11-20-8-4-5-9-23(20)31(17-21)18-25(33)34/h1-9,21-22,29H,10-15,17-18H2,(H,33,34)/t21-,22-/m0/s1. The van der Waals surface area contributed by atoms with E-state index in [9.17, 15) is 19.9 Å². The molecule has 1 aliphatic heterocycles. The van der Waals surface area contributed by atoms with Crippen LogP contribution in [0.2, 0.25) is 0 Å². The summed E-state index contributed by atoms with van der Waals surface area (Å²) in [6, 6.07) is 18.3. The Kier molecular flexibility index (Phi) is 9.31. The molecule has 0 amide bonds. The van der Waals surface area contributed by atoms with E-state index in [4.69, 9.17) is 14.7 Å². The molecule has 1 aromatic heterocycles. The second-order valence-corrected chi connectivity index (χ2v) is 9.09. The van der Waals surface area contributed by atoms with Crippen molar-refractivity contribution in [2.75, 3.05) is 31.2 Å². The second kappa shape index (κ2) is 13.3. The van der Waals surface area contributed by atoms with Crippen molar-refractivity contribution in [1.29, 1.82) is 5.26 Å². The highest BCUT2D eigenvalue weighted by atomic mass is 16.8. The van der Waals surface area contributed by atoms with E-state index in [-0.39, 0.29) is 36.6 Å². The van der Waals surface area contributed by atoms with Gasteiger partial charge in [-0.05, 0) is 47.8 Å². The Hall–Kier alpha value is -4.63. The topological polar surface area (TPSA) is 165 Å². The molecule has 2 N–H and O–H groups in total. The minimum absolute atomic E-state index is 0.0659. The van der Waals surface area contributed by atoms with Crippen LogP contribution in [0, 0.1) is 16.5 Å². The Morgan fingerprint density at radius 2 is 2.00 bits per heavy atom. The van der Waals surface area contributed by atoms with Crippen molar-refractivity contribution in [1.82, 2.24) is 10.5 Å². The molecule has 0 fully saturated rings. The number of aryl methyl sites for hydroxylation is 2. The molecule has 12 heteroatoms. The summed E-state index contributed by atoms with van der Waals surface area (Å²) in [6.07, 6.45) is 2.54. The zero-order valence-corrected chi connectivity index (χ0v) is 21.2. The molecule has 0 saturated heterocycles. The average molecular weight is 536 g/mol. The highest BCUT2D eigenvalue weighted by Gasteiger charge is 2.28. The molecule has 2 aromatic carbocycles. The fourth-order valence-corrected chi connectivity index (χ4v) is 4.58. The Morgan fingerprint density at radius 3 is 2.77 bits per heavy atom. The molecular formula is C27H29N5O7. The minimum atomic E-state index is -0.931. The van der Waals surface area contributed by atoms with E-state index in [1.165, 1.54) is 0 Å². The molecule has 204 valence electrons. The van der Waals surface area contributed by atoms with Gasteiger partial charge in [-0.15, -0.1) is 0 Å². The molecule has 0 spiro atoms. The van der Waals surface area contributed by atoms with Gasteiger partial charge in [0.2, 0.25) is 0 Å². The molecular weight excluding hydrogens is 506 g/mol. The van der Waals surface area contributed by atoms with Gasteiger partial charge in [0.25, 0.3) is 0 Å². The quantitative estimate of drug-likeness (QED) is 0.197. The number of hydrogen-bond donors (Lipinski definition) is 2. The monoisotopic (exact) mass is 535 g/mol. The molecule has 0 saturated carbocycles. The first-order valence-electron chi connectivity index (χ1n) is 12.6. The van der Waals surface area contributed by atoms with Gasteiger partial charge >= 0.3 is 23.5 Å². The molecule has 39 heavy (non-hydrogen) atoms. The number of ether oxygens (including phenoxy) is 2. The normalized spacial score (nSPS) is 15.5. The Morgan fingerprint density at radius 1 is 1.23 bits per heavy atom. The summed E-state index contributed by atoms with van der Waals surface area (Å²) in [7, 11) is 0. The lowest BCUT2D eigenvalue weighted by molar-refractivity contribution is -0.804. The van der Waals surface area contributed by atoms with Crippen LogP contribution in [-0.4, -0.2) is 60.6 Å². The number of para-hydroxylation sites is 1. The molecule has 0 aliphatic carbocycles. The molecule has 1 aliphatic rings. The number of fused-ring (bicyclic) bond motifs is 1. The third-order valence-electron chi connectivity index (χ3n) is 6.40. The van der Waals surface area contributed by atoms with Crippen LogP contribution in [0.5, 0.6) is 5.88 Å². The maximum atomic E-state index is 13.2. The number of rotatable bonds is 12. The van der Waals surface area contributed by atoms with Crippen molar-refractivity contribution >= 4 is 17.6 Å². The first-order chi connectivity index (χ1) is 18.9. The molecule has 0 bridgehead atoms. The number of aliphatic carboxylic acids is 1. The Bertz CT molecular complexity index is 1310. The van der Waals surface area contributed by atoms with Gasteiger partial charge in [0.05, 0.1) is 5.16 Å². The number of carbonyl (C=O) groups excluding carboxylic acids is 1. The van der Waals surface area contributed by atoms with E-state index in [1.807, 2.05) is 59.5 Å². The Labute approximate surface area is 224 Å². The summed E-state index contributed by atoms with van der Waals surface area (Å²) < 4.78 is 15.0. The molecule has 0 radical (unpaired) electrons. The van der Waals surface area contributed by atoms with Gasteiger partial charge in [-0.25, -0.2) is 0 Å². The summed E-state index contributed by atoms with van der Waals surface area (Å²) >= 11 is 0. The first-order valence-corrected chi connectivity index (χ1v) is 12.6. The number of nitriles is 1. The summed E-state index contributed by atoms with van der Waals surface area (Å²) in [6.45, 7) is -0.00868. The van der Waals surface area contributed by atoms with Crippen LogP contribution in [-0.2, 0) is 27.2 Å². The van der Waals surface area contributed by atoms with Gasteiger partial charge in [0.15, 0.2) is 6.07 Å². The fraction of sp³-hybridized carbons (Fsp3) is 0.370. The Balaban J connectivity index is 1.41. The van der Waals surface area contributed by atoms with E-state index in [1.54, 1.807) is 6.07 Å². The number of hydrogen-bond acceptors (Lipinski definition) is 10. The molecule has 0 unspecified atom stereocenters. The van der Waals surface area contributed by atoms with Crippen molar-refractivity contribution in [3.8, 4) is 11.9 Å². The van der Waals surface area contributed by atoms with Gasteiger partial charge < -0.3 is 24.7 Å². The van der Waals surface area contributed by atoms with E-state index < -0.39 is 23.7 Å². The first kappa shape index (κ1) is 27.4. The number of carboxylic acid groups (broad SMARTS) is 1. The smallest absolute Gasteiger partial charge is 0.413 e. The molecule has 3 aromatic rings. The number of carboxylic acids is 1. The number of nitrogens with one attached hydrogen (secondary N) is 1. The predicted molar refractivity (Wildman–Crippen MR) is 137 cm³/mol. The molecule has 4 rings (SSSR count). The van der Waals surface area contributed by atoms with Crippen LogP contribution < -0.4 is 19.9 Å². The van der Waals surface area contributed by atoms with Gasteiger partial charge in [-0.2, -0.15) is 5.26 Å². The molecule has 12 nitrogen and oxygen atoms in total. The van der Waals surface area contributed by atoms with Crippen molar-refractivity contribution in [2.45, 2.75) is 37.8 Å². The van der Waals surface area contributed by atoms with Crippen molar-refractivity contribution < 1.29 is 33.7 Å². The predicted octanol–water partition coefficient (Wildman–Crippen LogP) is 1.60. The van der Waals surface area contributed by atoms with Crippen LogP contribution in [0.4, 0.5) is 5.69 Å². The highest BCUT2D eigenvalue weighted by molar-refractivity contribution is 5.76. The van der Waals surface area contributed by atoms with E-state index >= 15 is 0 Å². The number of anilines is 1. The summed E-state index contributed by atoms with van der Waals surface area (Å²) in [5, 5.41) is 36.6. The minimum Gasteiger partial charge on any atom is -0.480 e. The fourth-order valence-electron chi connectivity index (χ4n) is 4.58. The number of aromatic nitrogens is 2. The summed E-state index contributed by atoms with van der Waals surface area (Å²) in [4.78, 5) is 26.5. The van der Waals surface area contributed by atoms with Crippen LogP contribution in [0.3, 0.4) is 0 Å². The van der Waals surface area contributed by atoms with Crippen molar-refractivity contribution in [2.24, 2.45) is 0 Å². The second-order valence-electron chi connectivity index (χ2n) is 9.09. The van der Waals surface area contributed by atoms with Crippen molar-refractivity contribution in [3.63, 3.8) is 0 Å². The lowest BCUT2D eigenvalue weighted by Crippen LogP contribution is -2.49. The lowest BCUT2D eigenvalue weighted by atomic mass is 10.0. The van der Waals surface area contributed by atoms with E-state index in [0.717, 1.165) is 23.2 Å². The SMILES string of the molecule is N#Cc1c(OCCOC(=O)[C@H](CCc2ccccc2)N[C@H]2CCc3ccccc3N(CC(=O)O)C2)no[n+]1[O-]. The zero-order chi connectivity index (χ0) is 27.6. The van der Waals surface area contributed by atoms with Crippen molar-refractivity contribution in [3.05, 3.63) is 76.6 Å². The molecule has 2 atom stereocenters. The van der Waals surface area contributed by atoms with E-state index in [2.05, 4.69) is 15.1 Å². The number of benzene rings is 2. The maximum absolute atomic E-state index is 13.2. The van der Waals surface area contributed by atoms with Crippen LogP contribution in [0.25, 0.3) is 0 Å². The number of esters is 1. The maximum Gasteiger partial charge on any atom is 0.413 e. The van der Waals surface area contributed by atoms with Gasteiger partial charge in [-0.3, -0.25) is 19.5 Å². The van der Waals surface area contributed by atoms with Crippen LogP contribution >= 0.6 is 0 Å². The lowest BCUT2D eigenvalue weighted by Gasteiger charge is -2.29. The van der Waals surface area contributed by atoms with E-state index in [0.29, 0.717) is 25.8 Å². The van der Waals surface area contributed by atoms with Gasteiger partial charge in [-0.1, -0.05) is 48.5 Å². The zero-order valence-electron chi connectivity index (χ0n) is 21.2. The number of carbonyl (C=O) groups is 2. The van der Waals surface area contributed by atoms with Gasteiger partial charge in [0, 0.05) is 18.3 Å². The summed E-state index contributed by atoms with van der Waals surface area (Å²) in [5.74, 6) is -1.70. The largest absolute Gasteiger partial charge is 0.480 e. The third-order valence-corrected chi connectivity index (χ3v) is 6.40. The van der Waals surface area contributed by atoms with Crippen LogP contribution in [0.1, 0.15) is 29.7 Å². The third kappa shape index (κ3) is 7.45.